The summed E-state index contributed by atoms with van der Waals surface area (Å²) in [7, 11) is 4.13. The van der Waals surface area contributed by atoms with Gasteiger partial charge in [0.1, 0.15) is 0 Å². The molecule has 0 saturated carbocycles. The molecule has 13 heteroatoms. The van der Waals surface area contributed by atoms with Crippen LogP contribution in [0.2, 0.25) is 0 Å². The third kappa shape index (κ3) is 20.1. The fourth-order valence-corrected chi connectivity index (χ4v) is 0.300. The van der Waals surface area contributed by atoms with Gasteiger partial charge in [0.25, 0.3) is 0 Å². The number of aliphatic hydroxyl groups excluding tert-OH is 6. The minimum absolute atomic E-state index is 0.403. The summed E-state index contributed by atoms with van der Waals surface area (Å²) in [5.74, 6) is 0. The maximum atomic E-state index is 9.03. The van der Waals surface area contributed by atoms with Gasteiger partial charge in [-0.1, -0.05) is 0 Å². The quantitative estimate of drug-likeness (QED) is 0.213. The van der Waals surface area contributed by atoms with E-state index in [0.29, 0.717) is 0 Å². The van der Waals surface area contributed by atoms with Crippen molar-refractivity contribution in [3.63, 3.8) is 0 Å². The van der Waals surface area contributed by atoms with Gasteiger partial charge in [0.15, 0.2) is 0 Å². The summed E-state index contributed by atoms with van der Waals surface area (Å²) < 4.78 is 25.4. The van der Waals surface area contributed by atoms with Crippen molar-refractivity contribution < 1.29 is 54.8 Å². The van der Waals surface area contributed by atoms with Gasteiger partial charge in [-0.15, -0.1) is 0 Å². The zero-order valence-corrected chi connectivity index (χ0v) is 13.2. The maximum absolute atomic E-state index is 9.03. The van der Waals surface area contributed by atoms with Gasteiger partial charge in [-0.05, 0) is 0 Å². The van der Waals surface area contributed by atoms with Gasteiger partial charge in [0, 0.05) is 0 Å². The van der Waals surface area contributed by atoms with Crippen LogP contribution in [0, 0.1) is 0 Å². The molecule has 0 fully saturated rings. The van der Waals surface area contributed by atoms with Crippen LogP contribution < -0.4 is 11.5 Å². The second-order valence-corrected chi connectivity index (χ2v) is 6.98. The van der Waals surface area contributed by atoms with E-state index in [1.807, 2.05) is 0 Å². The first-order valence-corrected chi connectivity index (χ1v) is 8.63. The van der Waals surface area contributed by atoms with Crippen LogP contribution >= 0.6 is 10.0 Å². The third-order valence-electron chi connectivity index (χ3n) is 1.89. The molecule has 0 saturated heterocycles. The van der Waals surface area contributed by atoms with Crippen LogP contribution in [0.3, 0.4) is 0 Å². The predicted octanol–water partition coefficient (Wildman–Crippen LogP) is -4.79. The predicted molar refractivity (Wildman–Crippen MR) is 65.8 cm³/mol. The fourth-order valence-electron chi connectivity index (χ4n) is 0.300. The van der Waals surface area contributed by atoms with Gasteiger partial charge >= 0.3 is 34.2 Å². The summed E-state index contributed by atoms with van der Waals surface area (Å²) in [6, 6.07) is 0. The van der Waals surface area contributed by atoms with Gasteiger partial charge in [0.05, 0.1) is 50.7 Å². The van der Waals surface area contributed by atoms with E-state index in [2.05, 4.69) is 10.0 Å². The number of nitrogens with two attached hydrogens (primary N) is 2. The molecule has 0 bridgehead atoms. The summed E-state index contributed by atoms with van der Waals surface area (Å²) >= 11 is -4.78. The standard InChI is InChI=1S/2C4H11NO3.ClH.Cr.H2O.2O/c2*5-4(1-6,2-7)3-8;;;;;/h2*6-8H,1-3,5H2;1H;;1H2;;/q;;;+2;;;/p-2. The van der Waals surface area contributed by atoms with E-state index in [4.69, 9.17) is 53.9 Å². The molecule has 11 nitrogen and oxygen atoms in total. The van der Waals surface area contributed by atoms with E-state index in [1.165, 1.54) is 0 Å². The fraction of sp³-hybridized carbons (Fsp3) is 1.00. The van der Waals surface area contributed by atoms with E-state index < -0.39 is 63.1 Å². The first-order chi connectivity index (χ1) is 9.36. The number of hydrogen-bond donors (Lipinski definition) is 9. The van der Waals surface area contributed by atoms with Crippen LogP contribution in [0.5, 0.6) is 0 Å². The molecule has 0 unspecified atom stereocenters. The van der Waals surface area contributed by atoms with Crippen LogP contribution in [0.25, 0.3) is 0 Å². The Kier molecular flexibility index (Phi) is 15.6. The molecule has 21 heavy (non-hydrogen) atoms. The van der Waals surface area contributed by atoms with Crippen molar-refractivity contribution in [2.24, 2.45) is 11.5 Å². The molecule has 0 rings (SSSR count). The van der Waals surface area contributed by atoms with E-state index in [-0.39, 0.29) is 0 Å². The number of hydrogen-bond acceptors (Lipinski definition) is 10. The van der Waals surface area contributed by atoms with E-state index in [9.17, 15) is 0 Å². The molecular weight excluding hydrogens is 356 g/mol. The van der Waals surface area contributed by atoms with E-state index in [1.54, 1.807) is 0 Å². The minimum atomic E-state index is -4.78. The molecule has 132 valence electrons. The summed E-state index contributed by atoms with van der Waals surface area (Å²) in [6.45, 7) is -2.42. The SMILES string of the molecule is NC(CO)(CO)CO.NC(CO)(CO)CO.[O]=[Cr](=[O])([OH])[Cl]. The van der Waals surface area contributed by atoms with Crippen LogP contribution in [0.15, 0.2) is 0 Å². The molecular formula is C8H23ClCrN2O9. The van der Waals surface area contributed by atoms with Crippen molar-refractivity contribution >= 4 is 10.0 Å². The first kappa shape index (κ1) is 26.0. The summed E-state index contributed by atoms with van der Waals surface area (Å²) in [6.07, 6.45) is 0. The molecule has 0 aromatic carbocycles. The Bertz CT molecular complexity index is 290. The van der Waals surface area contributed by atoms with Gasteiger partial charge < -0.3 is 42.1 Å². The second kappa shape index (κ2) is 12.6. The van der Waals surface area contributed by atoms with E-state index >= 15 is 0 Å². The Labute approximate surface area is 127 Å². The molecule has 0 aliphatic carbocycles. The van der Waals surface area contributed by atoms with E-state index in [0.717, 1.165) is 0 Å². The van der Waals surface area contributed by atoms with Gasteiger partial charge in [-0.3, -0.25) is 0 Å². The number of aliphatic hydroxyl groups is 6. The van der Waals surface area contributed by atoms with Gasteiger partial charge in [-0.25, -0.2) is 0 Å². The molecule has 0 radical (unpaired) electrons. The van der Waals surface area contributed by atoms with Crippen LogP contribution in [-0.2, 0) is 20.0 Å². The van der Waals surface area contributed by atoms with Gasteiger partial charge in [-0.2, -0.15) is 0 Å². The zero-order valence-electron chi connectivity index (χ0n) is 11.1. The summed E-state index contributed by atoms with van der Waals surface area (Å²) in [4.78, 5) is 0. The third-order valence-corrected chi connectivity index (χ3v) is 1.89. The Morgan fingerprint density at radius 3 is 0.810 bits per heavy atom. The van der Waals surface area contributed by atoms with Crippen molar-refractivity contribution in [1.29, 1.82) is 0 Å². The molecule has 0 aromatic heterocycles. The first-order valence-electron chi connectivity index (χ1n) is 5.27. The average Bonchev–Trinajstić information content (AvgIpc) is 2.44. The normalized spacial score (nSPS) is 11.9. The Hall–Kier alpha value is 0.0625. The Morgan fingerprint density at radius 2 is 0.810 bits per heavy atom. The number of halogens is 1. The molecule has 0 aliphatic rings. The van der Waals surface area contributed by atoms with Crippen molar-refractivity contribution in [3.05, 3.63) is 0 Å². The monoisotopic (exact) mass is 378 g/mol. The second-order valence-electron chi connectivity index (χ2n) is 4.09. The molecule has 0 aromatic rings. The van der Waals surface area contributed by atoms with Crippen LogP contribution in [0.1, 0.15) is 0 Å². The van der Waals surface area contributed by atoms with Crippen molar-refractivity contribution in [2.45, 2.75) is 11.1 Å². The van der Waals surface area contributed by atoms with Crippen molar-refractivity contribution in [1.82, 2.24) is 0 Å². The summed E-state index contributed by atoms with van der Waals surface area (Å²) in [5, 5.41) is 50.0. The van der Waals surface area contributed by atoms with Crippen LogP contribution in [-0.4, -0.2) is 85.5 Å². The molecule has 0 atom stereocenters. The zero-order chi connectivity index (χ0) is 17.7. The summed E-state index contributed by atoms with van der Waals surface area (Å²) in [5.41, 5.74) is 7.88. The van der Waals surface area contributed by atoms with Crippen molar-refractivity contribution in [2.75, 3.05) is 39.6 Å². The molecule has 11 N–H and O–H groups in total. The molecule has 0 aliphatic heterocycles. The van der Waals surface area contributed by atoms with Crippen LogP contribution in [0.4, 0.5) is 0 Å². The average molecular weight is 379 g/mol. The Balaban J connectivity index is -0.000000239. The molecule has 0 heterocycles. The molecule has 0 spiro atoms. The van der Waals surface area contributed by atoms with Gasteiger partial charge in [0.2, 0.25) is 0 Å². The van der Waals surface area contributed by atoms with Crippen molar-refractivity contribution in [3.8, 4) is 0 Å². The molecule has 0 amide bonds. The topological polar surface area (TPSA) is 228 Å². The number of rotatable bonds is 6. The Morgan fingerprint density at radius 1 is 0.714 bits per heavy atom.